The Kier molecular flexibility index (Phi) is 5.86. The fourth-order valence-electron chi connectivity index (χ4n) is 4.64. The molecule has 5 heteroatoms. The summed E-state index contributed by atoms with van der Waals surface area (Å²) in [5.74, 6) is 1.46. The Labute approximate surface area is 163 Å². The second-order valence-electron chi connectivity index (χ2n) is 8.48. The molecule has 148 valence electrons. The van der Waals surface area contributed by atoms with Gasteiger partial charge in [0.1, 0.15) is 5.75 Å². The average Bonchev–Trinajstić information content (AvgIpc) is 3.19. The molecule has 2 aliphatic carbocycles. The molecular formula is C22H33N3O2. The van der Waals surface area contributed by atoms with Crippen LogP contribution >= 0.6 is 0 Å². The summed E-state index contributed by atoms with van der Waals surface area (Å²) in [5.41, 5.74) is 1.16. The van der Waals surface area contributed by atoms with Gasteiger partial charge >= 0.3 is 6.03 Å². The minimum absolute atomic E-state index is 0.104. The molecule has 0 aromatic heterocycles. The molecule has 1 atom stereocenters. The summed E-state index contributed by atoms with van der Waals surface area (Å²) in [5, 5.41) is 3.24. The van der Waals surface area contributed by atoms with Crippen LogP contribution < -0.4 is 10.1 Å². The number of carbonyl (C=O) groups is 1. The molecular weight excluding hydrogens is 338 g/mol. The molecule has 0 spiro atoms. The molecule has 2 saturated carbocycles. The maximum atomic E-state index is 12.8. The monoisotopic (exact) mass is 371 g/mol. The molecule has 0 radical (unpaired) electrons. The van der Waals surface area contributed by atoms with Crippen molar-refractivity contribution in [3.63, 3.8) is 0 Å². The summed E-state index contributed by atoms with van der Waals surface area (Å²) < 4.78 is 5.23. The summed E-state index contributed by atoms with van der Waals surface area (Å²) in [4.78, 5) is 17.5. The number of hydrogen-bond acceptors (Lipinski definition) is 3. The SMILES string of the molecule is COc1ccc(CN(C(=O)NC[C@H]2CCN(C3CCCC3)C2)C2CC2)cc1. The van der Waals surface area contributed by atoms with Crippen LogP contribution in [0.4, 0.5) is 4.79 Å². The first-order chi connectivity index (χ1) is 13.2. The Morgan fingerprint density at radius 1 is 1.15 bits per heavy atom. The van der Waals surface area contributed by atoms with E-state index in [0.29, 0.717) is 18.5 Å². The van der Waals surface area contributed by atoms with Gasteiger partial charge in [0.05, 0.1) is 7.11 Å². The summed E-state index contributed by atoms with van der Waals surface area (Å²) in [6.45, 7) is 3.86. The van der Waals surface area contributed by atoms with Crippen LogP contribution in [0.25, 0.3) is 0 Å². The van der Waals surface area contributed by atoms with Crippen LogP contribution in [0, 0.1) is 5.92 Å². The Morgan fingerprint density at radius 2 is 1.89 bits per heavy atom. The number of hydrogen-bond donors (Lipinski definition) is 1. The minimum Gasteiger partial charge on any atom is -0.497 e. The standard InChI is InChI=1S/C22H33N3O2/c1-27-21-10-6-17(7-11-21)16-25(20-8-9-20)22(26)23-14-18-12-13-24(15-18)19-4-2-3-5-19/h6-7,10-11,18-20H,2-5,8-9,12-16H2,1H3,(H,23,26)/t18-/m1/s1. The van der Waals surface area contributed by atoms with E-state index in [1.54, 1.807) is 7.11 Å². The van der Waals surface area contributed by atoms with Crippen molar-refractivity contribution < 1.29 is 9.53 Å². The van der Waals surface area contributed by atoms with Crippen molar-refractivity contribution in [1.29, 1.82) is 0 Å². The van der Waals surface area contributed by atoms with E-state index < -0.39 is 0 Å². The predicted molar refractivity (Wildman–Crippen MR) is 107 cm³/mol. The fraction of sp³-hybridized carbons (Fsp3) is 0.682. The van der Waals surface area contributed by atoms with E-state index in [9.17, 15) is 4.79 Å². The van der Waals surface area contributed by atoms with E-state index in [1.165, 1.54) is 38.6 Å². The molecule has 3 aliphatic rings. The fourth-order valence-corrected chi connectivity index (χ4v) is 4.64. The highest BCUT2D eigenvalue weighted by Gasteiger charge is 2.34. The molecule has 4 rings (SSSR count). The van der Waals surface area contributed by atoms with Crippen LogP contribution in [-0.4, -0.2) is 54.7 Å². The van der Waals surface area contributed by atoms with E-state index in [2.05, 4.69) is 22.3 Å². The average molecular weight is 372 g/mol. The van der Waals surface area contributed by atoms with Gasteiger partial charge in [-0.05, 0) is 62.3 Å². The van der Waals surface area contributed by atoms with Gasteiger partial charge in [-0.15, -0.1) is 0 Å². The summed E-state index contributed by atoms with van der Waals surface area (Å²) in [6, 6.07) is 9.36. The Bertz CT molecular complexity index is 623. The van der Waals surface area contributed by atoms with Gasteiger partial charge in [-0.1, -0.05) is 25.0 Å². The molecule has 1 aromatic carbocycles. The van der Waals surface area contributed by atoms with Crippen molar-refractivity contribution in [2.45, 2.75) is 63.6 Å². The van der Waals surface area contributed by atoms with Gasteiger partial charge in [0.25, 0.3) is 0 Å². The number of likely N-dealkylation sites (tertiary alicyclic amines) is 1. The van der Waals surface area contributed by atoms with E-state index in [4.69, 9.17) is 4.74 Å². The highest BCUT2D eigenvalue weighted by Crippen LogP contribution is 2.30. The third kappa shape index (κ3) is 4.75. The van der Waals surface area contributed by atoms with Gasteiger partial charge in [-0.2, -0.15) is 0 Å². The van der Waals surface area contributed by atoms with E-state index in [-0.39, 0.29) is 6.03 Å². The second kappa shape index (κ2) is 8.51. The number of nitrogens with one attached hydrogen (secondary N) is 1. The zero-order valence-corrected chi connectivity index (χ0v) is 16.5. The van der Waals surface area contributed by atoms with Crippen LogP contribution in [0.5, 0.6) is 5.75 Å². The Hall–Kier alpha value is -1.75. The number of carbonyl (C=O) groups excluding carboxylic acids is 1. The van der Waals surface area contributed by atoms with Crippen molar-refractivity contribution in [3.05, 3.63) is 29.8 Å². The molecule has 0 bridgehead atoms. The van der Waals surface area contributed by atoms with E-state index >= 15 is 0 Å². The van der Waals surface area contributed by atoms with Crippen LogP contribution in [-0.2, 0) is 6.54 Å². The van der Waals surface area contributed by atoms with Crippen LogP contribution in [0.2, 0.25) is 0 Å². The first kappa shape index (κ1) is 18.6. The molecule has 1 heterocycles. The lowest BCUT2D eigenvalue weighted by Gasteiger charge is -2.25. The lowest BCUT2D eigenvalue weighted by atomic mass is 10.1. The number of benzene rings is 1. The summed E-state index contributed by atoms with van der Waals surface area (Å²) >= 11 is 0. The zero-order chi connectivity index (χ0) is 18.6. The van der Waals surface area contributed by atoms with Gasteiger partial charge in [-0.25, -0.2) is 4.79 Å². The molecule has 1 saturated heterocycles. The van der Waals surface area contributed by atoms with Crippen LogP contribution in [0.1, 0.15) is 50.5 Å². The molecule has 0 unspecified atom stereocenters. The third-order valence-corrected chi connectivity index (χ3v) is 6.46. The van der Waals surface area contributed by atoms with Crippen LogP contribution in [0.15, 0.2) is 24.3 Å². The number of rotatable bonds is 7. The first-order valence-electron chi connectivity index (χ1n) is 10.6. The van der Waals surface area contributed by atoms with Gasteiger partial charge in [0.15, 0.2) is 0 Å². The maximum absolute atomic E-state index is 12.8. The minimum atomic E-state index is 0.104. The van der Waals surface area contributed by atoms with Crippen molar-refractivity contribution in [3.8, 4) is 5.75 Å². The first-order valence-corrected chi connectivity index (χ1v) is 10.6. The van der Waals surface area contributed by atoms with Crippen molar-refractivity contribution in [2.24, 2.45) is 5.92 Å². The normalized spacial score (nSPS) is 23.5. The maximum Gasteiger partial charge on any atom is 0.317 e. The molecule has 2 amide bonds. The molecule has 1 N–H and O–H groups in total. The zero-order valence-electron chi connectivity index (χ0n) is 16.5. The molecule has 27 heavy (non-hydrogen) atoms. The number of amides is 2. The lowest BCUT2D eigenvalue weighted by Crippen LogP contribution is -2.43. The van der Waals surface area contributed by atoms with Gasteiger partial charge in [-0.3, -0.25) is 0 Å². The highest BCUT2D eigenvalue weighted by molar-refractivity contribution is 5.75. The molecule has 1 aliphatic heterocycles. The topological polar surface area (TPSA) is 44.8 Å². The van der Waals surface area contributed by atoms with Crippen LogP contribution in [0.3, 0.4) is 0 Å². The second-order valence-corrected chi connectivity index (χ2v) is 8.48. The Morgan fingerprint density at radius 3 is 2.56 bits per heavy atom. The van der Waals surface area contributed by atoms with Gasteiger partial charge in [0.2, 0.25) is 0 Å². The summed E-state index contributed by atoms with van der Waals surface area (Å²) in [7, 11) is 1.68. The van der Waals surface area contributed by atoms with Crippen molar-refractivity contribution >= 4 is 6.03 Å². The van der Waals surface area contributed by atoms with Gasteiger partial charge in [0, 0.05) is 31.7 Å². The highest BCUT2D eigenvalue weighted by atomic mass is 16.5. The van der Waals surface area contributed by atoms with Gasteiger partial charge < -0.3 is 19.9 Å². The molecule has 1 aromatic rings. The number of methoxy groups -OCH3 is 1. The smallest absolute Gasteiger partial charge is 0.317 e. The largest absolute Gasteiger partial charge is 0.497 e. The lowest BCUT2D eigenvalue weighted by molar-refractivity contribution is 0.189. The van der Waals surface area contributed by atoms with Crippen molar-refractivity contribution in [1.82, 2.24) is 15.1 Å². The molecule has 3 fully saturated rings. The number of urea groups is 1. The van der Waals surface area contributed by atoms with E-state index in [0.717, 1.165) is 43.3 Å². The number of ether oxygens (including phenoxy) is 1. The third-order valence-electron chi connectivity index (χ3n) is 6.46. The van der Waals surface area contributed by atoms with E-state index in [1.807, 2.05) is 17.0 Å². The molecule has 5 nitrogen and oxygen atoms in total. The quantitative estimate of drug-likeness (QED) is 0.796. The predicted octanol–water partition coefficient (Wildman–Crippen LogP) is 3.63. The Balaban J connectivity index is 1.26. The number of nitrogens with zero attached hydrogens (tertiary/aromatic N) is 2. The summed E-state index contributed by atoms with van der Waals surface area (Å²) in [6.07, 6.45) is 9.00. The van der Waals surface area contributed by atoms with Crippen molar-refractivity contribution in [2.75, 3.05) is 26.7 Å².